The molecule has 0 amide bonds. The van der Waals surface area contributed by atoms with Crippen LogP contribution >= 0.6 is 0 Å². The van der Waals surface area contributed by atoms with Crippen LogP contribution in [0.5, 0.6) is 0 Å². The SMILES string of the molecule is Cc1nc(CN)cc(NCc2ccccc2-n2cncn2)n1. The van der Waals surface area contributed by atoms with E-state index in [0.717, 1.165) is 22.8 Å². The van der Waals surface area contributed by atoms with Crippen LogP contribution in [0.4, 0.5) is 5.82 Å². The van der Waals surface area contributed by atoms with Gasteiger partial charge in [-0.2, -0.15) is 5.10 Å². The van der Waals surface area contributed by atoms with Crippen molar-refractivity contribution in [1.82, 2.24) is 24.7 Å². The Balaban J connectivity index is 1.81. The molecule has 0 aliphatic rings. The number of anilines is 1. The molecule has 2 heterocycles. The quantitative estimate of drug-likeness (QED) is 0.739. The molecule has 0 atom stereocenters. The minimum atomic E-state index is 0.396. The van der Waals surface area contributed by atoms with E-state index in [1.54, 1.807) is 11.0 Å². The monoisotopic (exact) mass is 295 g/mol. The molecule has 0 aliphatic carbocycles. The third kappa shape index (κ3) is 3.09. The normalized spacial score (nSPS) is 10.6. The number of nitrogens with one attached hydrogen (secondary N) is 1. The number of rotatable bonds is 5. The molecule has 112 valence electrons. The third-order valence-corrected chi connectivity index (χ3v) is 3.22. The first-order valence-corrected chi connectivity index (χ1v) is 6.97. The first kappa shape index (κ1) is 14.2. The molecule has 2 aromatic heterocycles. The molecule has 1 aromatic carbocycles. The standard InChI is InChI=1S/C15H17N7/c1-11-20-13(7-16)6-15(21-11)18-8-12-4-2-3-5-14(12)22-10-17-9-19-22/h2-6,9-10H,7-8,16H2,1H3,(H,18,20,21). The molecule has 0 bridgehead atoms. The van der Waals surface area contributed by atoms with Crippen molar-refractivity contribution in [3.8, 4) is 5.69 Å². The van der Waals surface area contributed by atoms with Gasteiger partial charge in [0.1, 0.15) is 24.3 Å². The Morgan fingerprint density at radius 3 is 2.86 bits per heavy atom. The van der Waals surface area contributed by atoms with Gasteiger partial charge in [-0.05, 0) is 18.6 Å². The van der Waals surface area contributed by atoms with Crippen molar-refractivity contribution in [3.63, 3.8) is 0 Å². The third-order valence-electron chi connectivity index (χ3n) is 3.22. The predicted octanol–water partition coefficient (Wildman–Crippen LogP) is 1.44. The van der Waals surface area contributed by atoms with E-state index < -0.39 is 0 Å². The highest BCUT2D eigenvalue weighted by molar-refractivity contribution is 5.44. The van der Waals surface area contributed by atoms with E-state index >= 15 is 0 Å². The maximum atomic E-state index is 5.65. The number of benzene rings is 1. The van der Waals surface area contributed by atoms with E-state index in [1.807, 2.05) is 37.3 Å². The van der Waals surface area contributed by atoms with Gasteiger partial charge in [0.2, 0.25) is 0 Å². The average molecular weight is 295 g/mol. The number of hydrogen-bond acceptors (Lipinski definition) is 6. The van der Waals surface area contributed by atoms with E-state index in [9.17, 15) is 0 Å². The molecule has 0 fully saturated rings. The van der Waals surface area contributed by atoms with Crippen molar-refractivity contribution in [3.05, 3.63) is 60.1 Å². The predicted molar refractivity (Wildman–Crippen MR) is 83.3 cm³/mol. The van der Waals surface area contributed by atoms with Crippen LogP contribution in [-0.2, 0) is 13.1 Å². The molecule has 0 aliphatic heterocycles. The Bertz CT molecular complexity index is 752. The smallest absolute Gasteiger partial charge is 0.138 e. The van der Waals surface area contributed by atoms with Gasteiger partial charge >= 0.3 is 0 Å². The summed E-state index contributed by atoms with van der Waals surface area (Å²) in [7, 11) is 0. The van der Waals surface area contributed by atoms with Gasteiger partial charge < -0.3 is 11.1 Å². The zero-order valence-corrected chi connectivity index (χ0v) is 12.3. The van der Waals surface area contributed by atoms with Crippen LogP contribution in [0.3, 0.4) is 0 Å². The Kier molecular flexibility index (Phi) is 4.06. The molecule has 0 saturated carbocycles. The molecule has 3 aromatic rings. The lowest BCUT2D eigenvalue weighted by Crippen LogP contribution is -2.09. The van der Waals surface area contributed by atoms with Crippen LogP contribution in [-0.4, -0.2) is 24.7 Å². The van der Waals surface area contributed by atoms with Gasteiger partial charge in [-0.25, -0.2) is 19.6 Å². The van der Waals surface area contributed by atoms with Crippen molar-refractivity contribution in [2.24, 2.45) is 5.73 Å². The van der Waals surface area contributed by atoms with Crippen molar-refractivity contribution in [2.75, 3.05) is 5.32 Å². The molecule has 0 radical (unpaired) electrons. The fourth-order valence-electron chi connectivity index (χ4n) is 2.23. The summed E-state index contributed by atoms with van der Waals surface area (Å²) in [6, 6.07) is 9.88. The van der Waals surface area contributed by atoms with E-state index in [2.05, 4.69) is 25.4 Å². The topological polar surface area (TPSA) is 94.5 Å². The van der Waals surface area contributed by atoms with Crippen LogP contribution in [0, 0.1) is 6.92 Å². The lowest BCUT2D eigenvalue weighted by Gasteiger charge is -2.11. The number of nitrogens with two attached hydrogens (primary N) is 1. The van der Waals surface area contributed by atoms with Crippen LogP contribution in [0.25, 0.3) is 5.69 Å². The van der Waals surface area contributed by atoms with Gasteiger partial charge in [0.05, 0.1) is 11.4 Å². The summed E-state index contributed by atoms with van der Waals surface area (Å²) in [6.07, 6.45) is 3.20. The first-order chi connectivity index (χ1) is 10.8. The minimum Gasteiger partial charge on any atom is -0.366 e. The first-order valence-electron chi connectivity index (χ1n) is 6.97. The van der Waals surface area contributed by atoms with Gasteiger partial charge in [0.15, 0.2) is 0 Å². The van der Waals surface area contributed by atoms with Crippen molar-refractivity contribution in [2.45, 2.75) is 20.0 Å². The number of aromatic nitrogens is 5. The molecule has 7 heteroatoms. The maximum Gasteiger partial charge on any atom is 0.138 e. The van der Waals surface area contributed by atoms with E-state index in [1.165, 1.54) is 6.33 Å². The lowest BCUT2D eigenvalue weighted by atomic mass is 10.2. The Labute approximate surface area is 128 Å². The summed E-state index contributed by atoms with van der Waals surface area (Å²) >= 11 is 0. The molecular weight excluding hydrogens is 278 g/mol. The molecule has 3 N–H and O–H groups in total. The van der Waals surface area contributed by atoms with E-state index in [4.69, 9.17) is 5.73 Å². The molecule has 3 rings (SSSR count). The summed E-state index contributed by atoms with van der Waals surface area (Å²) < 4.78 is 1.74. The second-order valence-corrected chi connectivity index (χ2v) is 4.82. The van der Waals surface area contributed by atoms with Gasteiger partial charge in [0.25, 0.3) is 0 Å². The lowest BCUT2D eigenvalue weighted by molar-refractivity contribution is 0.860. The Morgan fingerprint density at radius 1 is 1.23 bits per heavy atom. The Hall–Kier alpha value is -2.80. The van der Waals surface area contributed by atoms with Gasteiger partial charge in [-0.3, -0.25) is 0 Å². The fraction of sp³-hybridized carbons (Fsp3) is 0.200. The maximum absolute atomic E-state index is 5.65. The van der Waals surface area contributed by atoms with Crippen LogP contribution < -0.4 is 11.1 Å². The van der Waals surface area contributed by atoms with Crippen LogP contribution in [0.2, 0.25) is 0 Å². The molecule has 7 nitrogen and oxygen atoms in total. The number of nitrogens with zero attached hydrogens (tertiary/aromatic N) is 5. The van der Waals surface area contributed by atoms with Gasteiger partial charge in [-0.1, -0.05) is 18.2 Å². The highest BCUT2D eigenvalue weighted by Crippen LogP contribution is 2.15. The summed E-state index contributed by atoms with van der Waals surface area (Å²) in [4.78, 5) is 12.6. The number of hydrogen-bond donors (Lipinski definition) is 2. The second kappa shape index (κ2) is 6.31. The summed E-state index contributed by atoms with van der Waals surface area (Å²) in [5.74, 6) is 1.47. The largest absolute Gasteiger partial charge is 0.366 e. The molecule has 0 spiro atoms. The van der Waals surface area contributed by atoms with E-state index in [0.29, 0.717) is 18.9 Å². The highest BCUT2D eigenvalue weighted by Gasteiger charge is 2.06. The van der Waals surface area contributed by atoms with Gasteiger partial charge in [0, 0.05) is 19.2 Å². The van der Waals surface area contributed by atoms with Crippen molar-refractivity contribution < 1.29 is 0 Å². The van der Waals surface area contributed by atoms with E-state index in [-0.39, 0.29) is 0 Å². The molecule has 22 heavy (non-hydrogen) atoms. The minimum absolute atomic E-state index is 0.396. The van der Waals surface area contributed by atoms with Crippen LogP contribution in [0.1, 0.15) is 17.1 Å². The highest BCUT2D eigenvalue weighted by atomic mass is 15.3. The van der Waals surface area contributed by atoms with Crippen LogP contribution in [0.15, 0.2) is 43.0 Å². The number of para-hydroxylation sites is 1. The van der Waals surface area contributed by atoms with Crippen molar-refractivity contribution >= 4 is 5.82 Å². The summed E-state index contributed by atoms with van der Waals surface area (Å²) in [5.41, 5.74) is 8.55. The molecular formula is C15H17N7. The zero-order valence-electron chi connectivity index (χ0n) is 12.3. The average Bonchev–Trinajstić information content (AvgIpc) is 3.07. The van der Waals surface area contributed by atoms with Crippen molar-refractivity contribution in [1.29, 1.82) is 0 Å². The number of aryl methyl sites for hydroxylation is 1. The molecule has 0 unspecified atom stereocenters. The second-order valence-electron chi connectivity index (χ2n) is 4.82. The Morgan fingerprint density at radius 2 is 2.09 bits per heavy atom. The zero-order chi connectivity index (χ0) is 15.4. The summed E-state index contributed by atoms with van der Waals surface area (Å²) in [5, 5.41) is 7.49. The van der Waals surface area contributed by atoms with Gasteiger partial charge in [-0.15, -0.1) is 0 Å². The summed E-state index contributed by atoms with van der Waals surface area (Å²) in [6.45, 7) is 2.87. The molecule has 0 saturated heterocycles. The fourth-order valence-corrected chi connectivity index (χ4v) is 2.23.